The number of hydrogen-bond acceptors (Lipinski definition) is 8. The zero-order valence-electron chi connectivity index (χ0n) is 14.8. The lowest BCUT2D eigenvalue weighted by Crippen LogP contribution is -2.04. The molecule has 0 spiro atoms. The zero-order chi connectivity index (χ0) is 20.6. The van der Waals surface area contributed by atoms with Crippen molar-refractivity contribution in [3.63, 3.8) is 0 Å². The van der Waals surface area contributed by atoms with E-state index in [1.807, 2.05) is 6.26 Å². The van der Waals surface area contributed by atoms with Crippen LogP contribution in [0.3, 0.4) is 0 Å². The summed E-state index contributed by atoms with van der Waals surface area (Å²) in [7, 11) is 1.32. The molecule has 11 heteroatoms. The molecule has 0 N–H and O–H groups in total. The Hall–Kier alpha value is -1.68. The van der Waals surface area contributed by atoms with E-state index in [0.29, 0.717) is 15.7 Å². The number of nitrogens with zero attached hydrogens (tertiary/aromatic N) is 2. The summed E-state index contributed by atoms with van der Waals surface area (Å²) in [6.07, 6.45) is 3.32. The Balaban J connectivity index is 0.000000271. The fourth-order valence-electron chi connectivity index (χ4n) is 1.67. The van der Waals surface area contributed by atoms with Crippen LogP contribution in [-0.2, 0) is 20.3 Å². The lowest BCUT2D eigenvalue weighted by Gasteiger charge is -2.01. The van der Waals surface area contributed by atoms with E-state index in [1.165, 1.54) is 50.4 Å². The standard InChI is InChI=1S/C8H8ClNO3S.C8H8ClNO2S/c1-13-8(11)5-3-6(9)10-7(4-5)14(2)12;1-12-8(11)5-3-6(9)10-7(4-5)13-2/h3-4H,1-2H3;3-4H,1-2H3. The molecule has 0 aromatic carbocycles. The predicted octanol–water partition coefficient (Wildman–Crippen LogP) is 3.50. The van der Waals surface area contributed by atoms with Crippen molar-refractivity contribution in [1.29, 1.82) is 0 Å². The first kappa shape index (κ1) is 23.4. The minimum atomic E-state index is -1.27. The minimum Gasteiger partial charge on any atom is -0.465 e. The molecule has 0 saturated carbocycles. The van der Waals surface area contributed by atoms with Gasteiger partial charge < -0.3 is 9.47 Å². The number of esters is 2. The van der Waals surface area contributed by atoms with Gasteiger partial charge in [-0.25, -0.2) is 19.6 Å². The summed E-state index contributed by atoms with van der Waals surface area (Å²) < 4.78 is 20.2. The smallest absolute Gasteiger partial charge is 0.338 e. The molecule has 0 fully saturated rings. The third kappa shape index (κ3) is 7.45. The maximum atomic E-state index is 11.1. The Bertz CT molecular complexity index is 865. The van der Waals surface area contributed by atoms with Crippen LogP contribution in [0.15, 0.2) is 34.3 Å². The maximum absolute atomic E-state index is 11.1. The first-order valence-corrected chi connectivity index (χ1v) is 10.6. The molecular weight excluding hydrogens is 435 g/mol. The highest BCUT2D eigenvalue weighted by atomic mass is 35.5. The minimum absolute atomic E-state index is 0.123. The third-order valence-electron chi connectivity index (χ3n) is 2.89. The van der Waals surface area contributed by atoms with Crippen molar-refractivity contribution in [3.05, 3.63) is 45.7 Å². The van der Waals surface area contributed by atoms with Crippen LogP contribution in [0.4, 0.5) is 0 Å². The molecule has 0 radical (unpaired) electrons. The first-order valence-electron chi connectivity index (χ1n) is 7.11. The van der Waals surface area contributed by atoms with Crippen LogP contribution >= 0.6 is 35.0 Å². The van der Waals surface area contributed by atoms with Crippen molar-refractivity contribution in [2.24, 2.45) is 0 Å². The van der Waals surface area contributed by atoms with E-state index in [0.717, 1.165) is 0 Å². The fraction of sp³-hybridized carbons (Fsp3) is 0.250. The van der Waals surface area contributed by atoms with E-state index >= 15 is 0 Å². The number of thioether (sulfide) groups is 1. The first-order chi connectivity index (χ1) is 12.7. The van der Waals surface area contributed by atoms with Crippen molar-refractivity contribution < 1.29 is 23.3 Å². The van der Waals surface area contributed by atoms with E-state index < -0.39 is 22.7 Å². The van der Waals surface area contributed by atoms with Gasteiger partial charge in [-0.2, -0.15) is 0 Å². The number of methoxy groups -OCH3 is 2. The van der Waals surface area contributed by atoms with Crippen molar-refractivity contribution in [2.75, 3.05) is 26.7 Å². The average Bonchev–Trinajstić information content (AvgIpc) is 2.65. The van der Waals surface area contributed by atoms with Gasteiger partial charge in [-0.05, 0) is 30.5 Å². The SMILES string of the molecule is COC(=O)c1cc(Cl)nc(S(C)=O)c1.COC(=O)c1cc(Cl)nc(SC)c1. The Morgan fingerprint density at radius 1 is 0.963 bits per heavy atom. The van der Waals surface area contributed by atoms with Gasteiger partial charge in [0.25, 0.3) is 0 Å². The van der Waals surface area contributed by atoms with Gasteiger partial charge in [0.1, 0.15) is 15.3 Å². The molecule has 2 rings (SSSR count). The van der Waals surface area contributed by atoms with Gasteiger partial charge in [-0.1, -0.05) is 23.2 Å². The summed E-state index contributed by atoms with van der Waals surface area (Å²) in [6, 6.07) is 5.88. The molecule has 2 aromatic rings. The van der Waals surface area contributed by atoms with Crippen LogP contribution in [-0.4, -0.2) is 52.8 Å². The van der Waals surface area contributed by atoms with Crippen molar-refractivity contribution in [1.82, 2.24) is 9.97 Å². The fourth-order valence-corrected chi connectivity index (χ4v) is 3.14. The molecule has 0 amide bonds. The summed E-state index contributed by atoms with van der Waals surface area (Å²) in [4.78, 5) is 30.0. The Morgan fingerprint density at radius 3 is 1.89 bits per heavy atom. The molecule has 1 atom stereocenters. The second-order valence-electron chi connectivity index (χ2n) is 4.67. The monoisotopic (exact) mass is 450 g/mol. The van der Waals surface area contributed by atoms with Crippen LogP contribution in [0.5, 0.6) is 0 Å². The van der Waals surface area contributed by atoms with Crippen LogP contribution in [0, 0.1) is 0 Å². The van der Waals surface area contributed by atoms with Gasteiger partial charge >= 0.3 is 11.9 Å². The number of ether oxygens (including phenoxy) is 2. The van der Waals surface area contributed by atoms with Crippen LogP contribution in [0.2, 0.25) is 10.3 Å². The number of pyridine rings is 2. The normalized spacial score (nSPS) is 11.0. The topological polar surface area (TPSA) is 95.5 Å². The largest absolute Gasteiger partial charge is 0.465 e. The van der Waals surface area contributed by atoms with Crippen molar-refractivity contribution in [2.45, 2.75) is 10.1 Å². The van der Waals surface area contributed by atoms with E-state index in [-0.39, 0.29) is 15.7 Å². The van der Waals surface area contributed by atoms with Gasteiger partial charge in [-0.15, -0.1) is 11.8 Å². The molecule has 146 valence electrons. The van der Waals surface area contributed by atoms with Crippen LogP contribution in [0.1, 0.15) is 20.7 Å². The lowest BCUT2D eigenvalue weighted by atomic mass is 10.3. The summed E-state index contributed by atoms with van der Waals surface area (Å²) in [5, 5.41) is 1.39. The third-order valence-corrected chi connectivity index (χ3v) is 4.70. The Kier molecular flexibility index (Phi) is 9.71. The van der Waals surface area contributed by atoms with Gasteiger partial charge in [0.15, 0.2) is 0 Å². The number of rotatable bonds is 4. The van der Waals surface area contributed by atoms with E-state index in [4.69, 9.17) is 23.2 Å². The van der Waals surface area contributed by atoms with Crippen LogP contribution in [0.25, 0.3) is 0 Å². The number of carbonyl (C=O) groups is 2. The number of halogens is 2. The maximum Gasteiger partial charge on any atom is 0.338 e. The molecule has 0 saturated heterocycles. The summed E-state index contributed by atoms with van der Waals surface area (Å²) in [5.74, 6) is -0.930. The second kappa shape index (κ2) is 11.2. The number of carbonyl (C=O) groups excluding carboxylic acids is 2. The van der Waals surface area contributed by atoms with Crippen molar-refractivity contribution in [3.8, 4) is 0 Å². The van der Waals surface area contributed by atoms with E-state index in [1.54, 1.807) is 6.07 Å². The average molecular weight is 451 g/mol. The summed E-state index contributed by atoms with van der Waals surface area (Å²) >= 11 is 12.8. The van der Waals surface area contributed by atoms with Crippen molar-refractivity contribution >= 4 is 57.7 Å². The predicted molar refractivity (Wildman–Crippen MR) is 105 cm³/mol. The van der Waals surface area contributed by atoms with Gasteiger partial charge in [-0.3, -0.25) is 4.21 Å². The van der Waals surface area contributed by atoms with Gasteiger partial charge in [0.05, 0.1) is 41.2 Å². The highest BCUT2D eigenvalue weighted by Gasteiger charge is 2.11. The zero-order valence-corrected chi connectivity index (χ0v) is 18.0. The van der Waals surface area contributed by atoms with Gasteiger partial charge in [0, 0.05) is 6.26 Å². The quantitative estimate of drug-likeness (QED) is 0.396. The number of aromatic nitrogens is 2. The van der Waals surface area contributed by atoms with Gasteiger partial charge in [0.2, 0.25) is 0 Å². The highest BCUT2D eigenvalue weighted by Crippen LogP contribution is 2.18. The Morgan fingerprint density at radius 2 is 1.44 bits per heavy atom. The molecule has 2 aromatic heterocycles. The van der Waals surface area contributed by atoms with E-state index in [9.17, 15) is 13.8 Å². The molecule has 2 heterocycles. The molecular formula is C16H16Cl2N2O5S2. The second-order valence-corrected chi connectivity index (χ2v) is 7.60. The summed E-state index contributed by atoms with van der Waals surface area (Å²) in [5.41, 5.74) is 0.671. The lowest BCUT2D eigenvalue weighted by molar-refractivity contribution is 0.0591. The molecule has 27 heavy (non-hydrogen) atoms. The molecule has 0 bridgehead atoms. The molecule has 1 unspecified atom stereocenters. The van der Waals surface area contributed by atoms with E-state index in [2.05, 4.69) is 19.4 Å². The molecule has 0 aliphatic rings. The number of hydrogen-bond donors (Lipinski definition) is 0. The molecule has 7 nitrogen and oxygen atoms in total. The van der Waals surface area contributed by atoms with Crippen LogP contribution < -0.4 is 0 Å². The molecule has 0 aliphatic carbocycles. The summed E-state index contributed by atoms with van der Waals surface area (Å²) in [6.45, 7) is 0. The Labute approximate surface area is 173 Å². The molecule has 0 aliphatic heterocycles. The highest BCUT2D eigenvalue weighted by molar-refractivity contribution is 7.98.